The molecule has 1 aromatic carbocycles. The molecule has 3 aliphatic rings. The van der Waals surface area contributed by atoms with Crippen molar-refractivity contribution in [2.24, 2.45) is 5.41 Å². The minimum Gasteiger partial charge on any atom is -0.481 e. The lowest BCUT2D eigenvalue weighted by Crippen LogP contribution is -2.72. The molecule has 1 aliphatic carbocycles. The van der Waals surface area contributed by atoms with Crippen LogP contribution in [0.3, 0.4) is 0 Å². The molecule has 2 aliphatic heterocycles. The van der Waals surface area contributed by atoms with Gasteiger partial charge >= 0.3 is 12.1 Å². The van der Waals surface area contributed by atoms with Crippen molar-refractivity contribution in [1.29, 1.82) is 0 Å². The predicted molar refractivity (Wildman–Crippen MR) is 79.7 cm³/mol. The average molecular weight is 317 g/mol. The van der Waals surface area contributed by atoms with Crippen molar-refractivity contribution >= 4 is 12.1 Å². The van der Waals surface area contributed by atoms with Gasteiger partial charge in [-0.05, 0) is 24.8 Å². The summed E-state index contributed by atoms with van der Waals surface area (Å²) in [6.07, 6.45) is 1.61. The Kier molecular flexibility index (Phi) is 3.13. The maximum atomic E-state index is 12.1. The molecule has 1 saturated carbocycles. The Morgan fingerprint density at radius 3 is 2.70 bits per heavy atom. The molecule has 1 N–H and O–H groups in total. The van der Waals surface area contributed by atoms with Crippen LogP contribution in [0.1, 0.15) is 24.8 Å². The first-order valence-corrected chi connectivity index (χ1v) is 7.92. The first kappa shape index (κ1) is 14.5. The Labute approximate surface area is 134 Å². The molecule has 122 valence electrons. The highest BCUT2D eigenvalue weighted by Gasteiger charge is 2.72. The molecule has 0 radical (unpaired) electrons. The van der Waals surface area contributed by atoms with E-state index in [-0.39, 0.29) is 12.7 Å². The highest BCUT2D eigenvalue weighted by Crippen LogP contribution is 2.60. The number of carbonyl (C=O) groups excluding carboxylic acids is 1. The van der Waals surface area contributed by atoms with Gasteiger partial charge in [-0.3, -0.25) is 4.79 Å². The molecule has 0 aromatic heterocycles. The van der Waals surface area contributed by atoms with Crippen LogP contribution in [0.4, 0.5) is 4.79 Å². The van der Waals surface area contributed by atoms with Crippen molar-refractivity contribution in [1.82, 2.24) is 4.90 Å². The van der Waals surface area contributed by atoms with Crippen LogP contribution in [-0.2, 0) is 20.9 Å². The van der Waals surface area contributed by atoms with Crippen LogP contribution in [0, 0.1) is 5.41 Å². The highest BCUT2D eigenvalue weighted by atomic mass is 16.6. The van der Waals surface area contributed by atoms with Crippen LogP contribution in [-0.4, -0.2) is 46.9 Å². The van der Waals surface area contributed by atoms with Crippen LogP contribution in [0.5, 0.6) is 0 Å². The summed E-state index contributed by atoms with van der Waals surface area (Å²) in [6, 6.07) is 9.47. The number of nitrogens with zero attached hydrogens (tertiary/aromatic N) is 1. The summed E-state index contributed by atoms with van der Waals surface area (Å²) in [6.45, 7) is 0.837. The van der Waals surface area contributed by atoms with Gasteiger partial charge in [0.25, 0.3) is 0 Å². The van der Waals surface area contributed by atoms with E-state index in [0.717, 1.165) is 12.0 Å². The average Bonchev–Trinajstić information content (AvgIpc) is 3.09. The van der Waals surface area contributed by atoms with Crippen molar-refractivity contribution in [2.75, 3.05) is 13.1 Å². The normalized spacial score (nSPS) is 30.3. The predicted octanol–water partition coefficient (Wildman–Crippen LogP) is 2.03. The Balaban J connectivity index is 1.38. The molecular weight excluding hydrogens is 298 g/mol. The number of hydrogen-bond acceptors (Lipinski definition) is 4. The van der Waals surface area contributed by atoms with Crippen molar-refractivity contribution in [3.63, 3.8) is 0 Å². The van der Waals surface area contributed by atoms with Crippen LogP contribution >= 0.6 is 0 Å². The molecule has 1 spiro atoms. The van der Waals surface area contributed by atoms with Gasteiger partial charge < -0.3 is 19.5 Å². The maximum absolute atomic E-state index is 12.1. The van der Waals surface area contributed by atoms with Gasteiger partial charge in [0.05, 0.1) is 19.2 Å². The van der Waals surface area contributed by atoms with Crippen molar-refractivity contribution < 1.29 is 24.2 Å². The number of ether oxygens (including phenoxy) is 2. The monoisotopic (exact) mass is 317 g/mol. The van der Waals surface area contributed by atoms with E-state index in [2.05, 4.69) is 0 Å². The number of likely N-dealkylation sites (tertiary alicyclic amines) is 1. The van der Waals surface area contributed by atoms with E-state index in [1.54, 1.807) is 0 Å². The van der Waals surface area contributed by atoms with E-state index in [9.17, 15) is 14.7 Å². The third-order valence-corrected chi connectivity index (χ3v) is 5.50. The van der Waals surface area contributed by atoms with Crippen LogP contribution < -0.4 is 0 Å². The van der Waals surface area contributed by atoms with E-state index in [1.165, 1.54) is 4.90 Å². The Bertz CT molecular complexity index is 640. The van der Waals surface area contributed by atoms with E-state index in [4.69, 9.17) is 9.47 Å². The second-order valence-corrected chi connectivity index (χ2v) is 6.76. The minimum absolute atomic E-state index is 0.0218. The third kappa shape index (κ3) is 2.05. The van der Waals surface area contributed by atoms with Crippen molar-refractivity contribution in [3.05, 3.63) is 35.9 Å². The molecule has 23 heavy (non-hydrogen) atoms. The summed E-state index contributed by atoms with van der Waals surface area (Å²) in [5.74, 6) is -0.796. The Morgan fingerprint density at radius 2 is 2.04 bits per heavy atom. The van der Waals surface area contributed by atoms with Crippen LogP contribution in [0.2, 0.25) is 0 Å². The molecule has 1 aromatic rings. The topological polar surface area (TPSA) is 76.1 Å². The molecule has 2 atom stereocenters. The molecular formula is C17H19NO5. The number of rotatable bonds is 3. The number of hydrogen-bond donors (Lipinski definition) is 1. The van der Waals surface area contributed by atoms with Gasteiger partial charge in [0.2, 0.25) is 0 Å². The number of benzene rings is 1. The standard InChI is InChI=1S/C17H19NO5/c19-14(20)16-7-6-13(8-16)23-17(16)10-18(11-17)15(21)22-9-12-4-2-1-3-5-12/h1-5,13H,6-11H2,(H,19,20). The molecule has 6 heteroatoms. The first-order valence-electron chi connectivity index (χ1n) is 7.92. The summed E-state index contributed by atoms with van der Waals surface area (Å²) >= 11 is 0. The van der Waals surface area contributed by atoms with E-state index in [1.807, 2.05) is 30.3 Å². The molecule has 1 amide bonds. The van der Waals surface area contributed by atoms with Gasteiger partial charge in [0.1, 0.15) is 17.6 Å². The molecule has 6 nitrogen and oxygen atoms in total. The summed E-state index contributed by atoms with van der Waals surface area (Å²) in [5, 5.41) is 9.65. The number of amides is 1. The lowest BCUT2D eigenvalue weighted by molar-refractivity contribution is -0.205. The molecule has 2 heterocycles. The fourth-order valence-corrected chi connectivity index (χ4v) is 4.22. The lowest BCUT2D eigenvalue weighted by Gasteiger charge is -2.54. The van der Waals surface area contributed by atoms with Gasteiger partial charge in [-0.15, -0.1) is 0 Å². The summed E-state index contributed by atoms with van der Waals surface area (Å²) in [7, 11) is 0. The Hall–Kier alpha value is -2.08. The molecule has 2 unspecified atom stereocenters. The quantitative estimate of drug-likeness (QED) is 0.923. The van der Waals surface area contributed by atoms with E-state index >= 15 is 0 Å². The van der Waals surface area contributed by atoms with Gasteiger partial charge in [-0.2, -0.15) is 0 Å². The summed E-state index contributed by atoms with van der Waals surface area (Å²) in [5.41, 5.74) is -0.615. The van der Waals surface area contributed by atoms with Gasteiger partial charge in [-0.25, -0.2) is 4.79 Å². The fraction of sp³-hybridized carbons (Fsp3) is 0.529. The second kappa shape index (κ2) is 4.96. The van der Waals surface area contributed by atoms with Gasteiger partial charge in [0.15, 0.2) is 0 Å². The maximum Gasteiger partial charge on any atom is 0.410 e. The van der Waals surface area contributed by atoms with E-state index < -0.39 is 23.1 Å². The summed E-state index contributed by atoms with van der Waals surface area (Å²) in [4.78, 5) is 25.4. The zero-order valence-corrected chi connectivity index (χ0v) is 12.7. The molecule has 2 saturated heterocycles. The van der Waals surface area contributed by atoms with Crippen LogP contribution in [0.25, 0.3) is 0 Å². The van der Waals surface area contributed by atoms with E-state index in [0.29, 0.717) is 25.9 Å². The number of carbonyl (C=O) groups is 2. The number of carboxylic acids is 1. The molecule has 2 bridgehead atoms. The van der Waals surface area contributed by atoms with Crippen molar-refractivity contribution in [3.8, 4) is 0 Å². The zero-order valence-electron chi connectivity index (χ0n) is 12.7. The second-order valence-electron chi connectivity index (χ2n) is 6.76. The lowest BCUT2D eigenvalue weighted by atomic mass is 9.67. The summed E-state index contributed by atoms with van der Waals surface area (Å²) < 4.78 is 11.3. The third-order valence-electron chi connectivity index (χ3n) is 5.50. The van der Waals surface area contributed by atoms with Crippen LogP contribution in [0.15, 0.2) is 30.3 Å². The SMILES string of the molecule is O=C(OCc1ccccc1)N1CC2(C1)OC1CCC2(C(=O)O)C1. The fourth-order valence-electron chi connectivity index (χ4n) is 4.22. The smallest absolute Gasteiger partial charge is 0.410 e. The largest absolute Gasteiger partial charge is 0.481 e. The van der Waals surface area contributed by atoms with Gasteiger partial charge in [-0.1, -0.05) is 30.3 Å². The minimum atomic E-state index is -0.826. The number of carboxylic acid groups (broad SMARTS) is 1. The number of aliphatic carboxylic acids is 1. The number of fused-ring (bicyclic) bond motifs is 3. The Morgan fingerprint density at radius 1 is 1.30 bits per heavy atom. The molecule has 3 fully saturated rings. The zero-order chi connectivity index (χ0) is 16.1. The van der Waals surface area contributed by atoms with Gasteiger partial charge in [0, 0.05) is 0 Å². The first-order chi connectivity index (χ1) is 11.0. The van der Waals surface area contributed by atoms with Crippen molar-refractivity contribution in [2.45, 2.75) is 37.6 Å². The highest BCUT2D eigenvalue weighted by molar-refractivity contribution is 5.79. The molecule has 4 rings (SSSR count).